The van der Waals surface area contributed by atoms with Gasteiger partial charge in [0.15, 0.2) is 0 Å². The van der Waals surface area contributed by atoms with Gasteiger partial charge in [0.05, 0.1) is 11.6 Å². The van der Waals surface area contributed by atoms with Gasteiger partial charge in [0.2, 0.25) is 5.88 Å². The Labute approximate surface area is 152 Å². The Bertz CT molecular complexity index is 604. The van der Waals surface area contributed by atoms with Gasteiger partial charge < -0.3 is 10.1 Å². The number of hydrogen-bond acceptors (Lipinski definition) is 3. The van der Waals surface area contributed by atoms with Crippen molar-refractivity contribution in [2.45, 2.75) is 12.3 Å². The number of benzene rings is 1. The zero-order chi connectivity index (χ0) is 15.4. The molecule has 1 fully saturated rings. The van der Waals surface area contributed by atoms with E-state index in [-0.39, 0.29) is 12.4 Å². The molecule has 3 nitrogen and oxygen atoms in total. The fraction of sp³-hybridized carbons (Fsp3) is 0.353. The highest BCUT2D eigenvalue weighted by Gasteiger charge is 2.27. The van der Waals surface area contributed by atoms with E-state index in [1.54, 1.807) is 18.3 Å². The van der Waals surface area contributed by atoms with Gasteiger partial charge in [-0.1, -0.05) is 35.3 Å². The van der Waals surface area contributed by atoms with Crippen LogP contribution in [0.3, 0.4) is 0 Å². The molecule has 124 valence electrons. The van der Waals surface area contributed by atoms with E-state index in [1.807, 2.05) is 12.1 Å². The standard InChI is InChI=1S/C17H18Cl2N2O.ClH/c18-14-3-1-12(2-4-14)16-10-20-8-7-13(16)11-22-17-6-5-15(19)9-21-17;/h1-6,9,13,16,20H,7-8,10-11H2;1H. The van der Waals surface area contributed by atoms with Crippen LogP contribution in [0.5, 0.6) is 5.88 Å². The average Bonchev–Trinajstić information content (AvgIpc) is 2.55. The third-order valence-electron chi connectivity index (χ3n) is 4.07. The minimum atomic E-state index is 0. The van der Waals surface area contributed by atoms with Crippen LogP contribution in [-0.2, 0) is 0 Å². The molecule has 1 aromatic carbocycles. The van der Waals surface area contributed by atoms with E-state index in [4.69, 9.17) is 27.9 Å². The quantitative estimate of drug-likeness (QED) is 0.851. The van der Waals surface area contributed by atoms with Crippen molar-refractivity contribution in [3.05, 3.63) is 58.2 Å². The summed E-state index contributed by atoms with van der Waals surface area (Å²) in [7, 11) is 0. The molecule has 0 saturated carbocycles. The summed E-state index contributed by atoms with van der Waals surface area (Å²) in [6.07, 6.45) is 2.69. The Hall–Kier alpha value is -1.00. The highest BCUT2D eigenvalue weighted by Crippen LogP contribution is 2.30. The zero-order valence-electron chi connectivity index (χ0n) is 12.5. The van der Waals surface area contributed by atoms with Crippen LogP contribution < -0.4 is 10.1 Å². The van der Waals surface area contributed by atoms with Crippen LogP contribution in [0.4, 0.5) is 0 Å². The molecule has 0 bridgehead atoms. The second kappa shape index (κ2) is 8.74. The van der Waals surface area contributed by atoms with E-state index in [1.165, 1.54) is 5.56 Å². The Morgan fingerprint density at radius 3 is 2.52 bits per heavy atom. The number of nitrogens with zero attached hydrogens (tertiary/aromatic N) is 1. The van der Waals surface area contributed by atoms with Gasteiger partial charge in [0.1, 0.15) is 0 Å². The number of pyridine rings is 1. The Morgan fingerprint density at radius 2 is 1.83 bits per heavy atom. The molecular formula is C17H19Cl3N2O. The summed E-state index contributed by atoms with van der Waals surface area (Å²) < 4.78 is 5.85. The van der Waals surface area contributed by atoms with Crippen molar-refractivity contribution >= 4 is 35.6 Å². The largest absolute Gasteiger partial charge is 0.477 e. The van der Waals surface area contributed by atoms with Crippen LogP contribution in [0.1, 0.15) is 17.9 Å². The second-order valence-electron chi connectivity index (χ2n) is 5.54. The van der Waals surface area contributed by atoms with Gasteiger partial charge in [-0.05, 0) is 36.7 Å². The Kier molecular flexibility index (Phi) is 6.97. The number of halogens is 3. The minimum absolute atomic E-state index is 0. The van der Waals surface area contributed by atoms with Crippen LogP contribution in [-0.4, -0.2) is 24.7 Å². The molecule has 3 rings (SSSR count). The molecule has 23 heavy (non-hydrogen) atoms. The molecular weight excluding hydrogens is 355 g/mol. The highest BCUT2D eigenvalue weighted by molar-refractivity contribution is 6.30. The third kappa shape index (κ3) is 4.98. The lowest BCUT2D eigenvalue weighted by Gasteiger charge is -2.32. The maximum atomic E-state index is 5.98. The minimum Gasteiger partial charge on any atom is -0.477 e. The maximum Gasteiger partial charge on any atom is 0.213 e. The highest BCUT2D eigenvalue weighted by atomic mass is 35.5. The van der Waals surface area contributed by atoms with Gasteiger partial charge in [0.25, 0.3) is 0 Å². The number of ether oxygens (including phenoxy) is 1. The lowest BCUT2D eigenvalue weighted by molar-refractivity contribution is 0.189. The Balaban J connectivity index is 0.00000192. The summed E-state index contributed by atoms with van der Waals surface area (Å²) in [5.74, 6) is 1.51. The van der Waals surface area contributed by atoms with Crippen molar-refractivity contribution in [1.82, 2.24) is 10.3 Å². The van der Waals surface area contributed by atoms with Gasteiger partial charge in [-0.25, -0.2) is 4.98 Å². The van der Waals surface area contributed by atoms with Crippen molar-refractivity contribution < 1.29 is 4.74 Å². The van der Waals surface area contributed by atoms with E-state index in [2.05, 4.69) is 22.4 Å². The van der Waals surface area contributed by atoms with Crippen LogP contribution in [0.15, 0.2) is 42.6 Å². The first kappa shape index (κ1) is 18.3. The molecule has 6 heteroatoms. The first-order valence-electron chi connectivity index (χ1n) is 7.43. The molecule has 2 heterocycles. The van der Waals surface area contributed by atoms with E-state index >= 15 is 0 Å². The number of rotatable bonds is 4. The van der Waals surface area contributed by atoms with E-state index in [0.717, 1.165) is 24.5 Å². The molecule has 2 atom stereocenters. The monoisotopic (exact) mass is 372 g/mol. The predicted octanol–water partition coefficient (Wildman–Crippen LogP) is 4.58. The lowest BCUT2D eigenvalue weighted by Crippen LogP contribution is -2.37. The van der Waals surface area contributed by atoms with Crippen LogP contribution in [0, 0.1) is 5.92 Å². The zero-order valence-corrected chi connectivity index (χ0v) is 14.9. The summed E-state index contributed by atoms with van der Waals surface area (Å²) >= 11 is 11.8. The molecule has 1 N–H and O–H groups in total. The molecule has 1 aliphatic rings. The molecule has 2 unspecified atom stereocenters. The summed E-state index contributed by atoms with van der Waals surface area (Å²) in [4.78, 5) is 4.18. The number of aromatic nitrogens is 1. The second-order valence-corrected chi connectivity index (χ2v) is 6.41. The first-order chi connectivity index (χ1) is 10.7. The lowest BCUT2D eigenvalue weighted by atomic mass is 9.82. The van der Waals surface area contributed by atoms with Gasteiger partial charge >= 0.3 is 0 Å². The summed E-state index contributed by atoms with van der Waals surface area (Å²) in [5, 5.41) is 4.85. The molecule has 0 spiro atoms. The topological polar surface area (TPSA) is 34.1 Å². The van der Waals surface area contributed by atoms with Crippen molar-refractivity contribution in [3.63, 3.8) is 0 Å². The Morgan fingerprint density at radius 1 is 1.09 bits per heavy atom. The van der Waals surface area contributed by atoms with E-state index in [0.29, 0.717) is 29.3 Å². The third-order valence-corrected chi connectivity index (χ3v) is 4.54. The number of nitrogens with one attached hydrogen (secondary N) is 1. The fourth-order valence-electron chi connectivity index (χ4n) is 2.85. The smallest absolute Gasteiger partial charge is 0.213 e. The van der Waals surface area contributed by atoms with E-state index < -0.39 is 0 Å². The SMILES string of the molecule is Cl.Clc1ccc(C2CNCCC2COc2ccc(Cl)cn2)cc1. The molecule has 1 aliphatic heterocycles. The van der Waals surface area contributed by atoms with Crippen molar-refractivity contribution in [2.24, 2.45) is 5.92 Å². The molecule has 0 amide bonds. The summed E-state index contributed by atoms with van der Waals surface area (Å²) in [6, 6.07) is 11.7. The van der Waals surface area contributed by atoms with Crippen LogP contribution >= 0.6 is 35.6 Å². The van der Waals surface area contributed by atoms with E-state index in [9.17, 15) is 0 Å². The maximum absolute atomic E-state index is 5.98. The van der Waals surface area contributed by atoms with Gasteiger partial charge in [-0.15, -0.1) is 12.4 Å². The van der Waals surface area contributed by atoms with Crippen molar-refractivity contribution in [2.75, 3.05) is 19.7 Å². The molecule has 2 aromatic rings. The molecule has 1 aromatic heterocycles. The van der Waals surface area contributed by atoms with Crippen molar-refractivity contribution in [3.8, 4) is 5.88 Å². The van der Waals surface area contributed by atoms with Crippen molar-refractivity contribution in [1.29, 1.82) is 0 Å². The molecule has 0 aliphatic carbocycles. The molecule has 0 radical (unpaired) electrons. The van der Waals surface area contributed by atoms with Gasteiger partial charge in [-0.3, -0.25) is 0 Å². The van der Waals surface area contributed by atoms with Gasteiger partial charge in [0, 0.05) is 35.7 Å². The summed E-state index contributed by atoms with van der Waals surface area (Å²) in [6.45, 7) is 2.64. The summed E-state index contributed by atoms with van der Waals surface area (Å²) in [5.41, 5.74) is 1.30. The molecule has 1 saturated heterocycles. The number of hydrogen-bond donors (Lipinski definition) is 1. The van der Waals surface area contributed by atoms with Crippen LogP contribution in [0.25, 0.3) is 0 Å². The average molecular weight is 374 g/mol. The predicted molar refractivity (Wildman–Crippen MR) is 97.2 cm³/mol. The fourth-order valence-corrected chi connectivity index (χ4v) is 3.09. The normalized spacial score (nSPS) is 20.6. The first-order valence-corrected chi connectivity index (χ1v) is 8.18. The van der Waals surface area contributed by atoms with Gasteiger partial charge in [-0.2, -0.15) is 0 Å². The van der Waals surface area contributed by atoms with Crippen LogP contribution in [0.2, 0.25) is 10.0 Å². The number of piperidine rings is 1.